The summed E-state index contributed by atoms with van der Waals surface area (Å²) in [7, 11) is 0. The Kier molecular flexibility index (Phi) is 3.83. The van der Waals surface area contributed by atoms with Crippen LogP contribution in [-0.4, -0.2) is 28.1 Å². The molecule has 1 aromatic rings. The van der Waals surface area contributed by atoms with Gasteiger partial charge in [-0.15, -0.1) is 0 Å². The Hall–Kier alpha value is -1.52. The van der Waals surface area contributed by atoms with Crippen molar-refractivity contribution >= 4 is 6.09 Å². The normalized spacial score (nSPS) is 20.4. The second-order valence-corrected chi connectivity index (χ2v) is 5.99. The number of carbonyl (C=O) groups excluding carboxylic acids is 1. The van der Waals surface area contributed by atoms with Crippen molar-refractivity contribution in [2.75, 3.05) is 6.54 Å². The first kappa shape index (κ1) is 13.9. The number of nitrogens with zero attached hydrogens (tertiary/aromatic N) is 2. The molecular formula is C14H22N2O3. The molecule has 0 aromatic carbocycles. The maximum absolute atomic E-state index is 12.2. The van der Waals surface area contributed by atoms with Crippen LogP contribution in [0.15, 0.2) is 10.6 Å². The highest BCUT2D eigenvalue weighted by atomic mass is 16.6. The molecule has 0 N–H and O–H groups in total. The number of aromatic nitrogens is 1. The SMILES string of the molecule is Cc1cnc(C2CCCCN2C(=O)OC(C)(C)C)o1. The number of hydrogen-bond donors (Lipinski definition) is 0. The van der Waals surface area contributed by atoms with Gasteiger partial charge in [-0.05, 0) is 47.0 Å². The summed E-state index contributed by atoms with van der Waals surface area (Å²) in [5.74, 6) is 1.38. The van der Waals surface area contributed by atoms with E-state index in [1.54, 1.807) is 11.1 Å². The Morgan fingerprint density at radius 1 is 1.47 bits per heavy atom. The first-order chi connectivity index (χ1) is 8.87. The average molecular weight is 266 g/mol. The van der Waals surface area contributed by atoms with Gasteiger partial charge < -0.3 is 9.15 Å². The number of aryl methyl sites for hydroxylation is 1. The third kappa shape index (κ3) is 3.49. The van der Waals surface area contributed by atoms with Gasteiger partial charge in [0.15, 0.2) is 0 Å². The van der Waals surface area contributed by atoms with Crippen molar-refractivity contribution in [3.8, 4) is 0 Å². The molecule has 106 valence electrons. The smallest absolute Gasteiger partial charge is 0.410 e. The number of piperidine rings is 1. The van der Waals surface area contributed by atoms with Gasteiger partial charge in [0.1, 0.15) is 17.4 Å². The van der Waals surface area contributed by atoms with Crippen molar-refractivity contribution < 1.29 is 13.9 Å². The van der Waals surface area contributed by atoms with Gasteiger partial charge in [-0.1, -0.05) is 0 Å². The molecule has 0 bridgehead atoms. The van der Waals surface area contributed by atoms with Crippen LogP contribution in [0.25, 0.3) is 0 Å². The molecule has 1 fully saturated rings. The van der Waals surface area contributed by atoms with Gasteiger partial charge in [0.2, 0.25) is 5.89 Å². The highest BCUT2D eigenvalue weighted by Crippen LogP contribution is 2.31. The van der Waals surface area contributed by atoms with Crippen LogP contribution in [0.5, 0.6) is 0 Å². The maximum atomic E-state index is 12.2. The number of hydrogen-bond acceptors (Lipinski definition) is 4. The first-order valence-electron chi connectivity index (χ1n) is 6.79. The van der Waals surface area contributed by atoms with E-state index in [9.17, 15) is 4.79 Å². The van der Waals surface area contributed by atoms with Gasteiger partial charge in [0.25, 0.3) is 0 Å². The van der Waals surface area contributed by atoms with Crippen molar-refractivity contribution in [2.24, 2.45) is 0 Å². The number of amides is 1. The highest BCUT2D eigenvalue weighted by Gasteiger charge is 2.33. The molecule has 1 amide bonds. The zero-order valence-electron chi connectivity index (χ0n) is 12.1. The van der Waals surface area contributed by atoms with Crippen LogP contribution >= 0.6 is 0 Å². The number of rotatable bonds is 1. The molecule has 1 aliphatic heterocycles. The molecule has 5 heteroatoms. The number of likely N-dealkylation sites (tertiary alicyclic amines) is 1. The second-order valence-electron chi connectivity index (χ2n) is 5.99. The lowest BCUT2D eigenvalue weighted by Gasteiger charge is -2.35. The Morgan fingerprint density at radius 3 is 2.79 bits per heavy atom. The standard InChI is InChI=1S/C14H22N2O3/c1-10-9-15-12(18-10)11-7-5-6-8-16(11)13(17)19-14(2,3)4/h9,11H,5-8H2,1-4H3. The van der Waals surface area contributed by atoms with Crippen molar-refractivity contribution in [1.82, 2.24) is 9.88 Å². The summed E-state index contributed by atoms with van der Waals surface area (Å²) in [5.41, 5.74) is -0.481. The fourth-order valence-corrected chi connectivity index (χ4v) is 2.25. The van der Waals surface area contributed by atoms with E-state index in [4.69, 9.17) is 9.15 Å². The monoisotopic (exact) mass is 266 g/mol. The molecule has 1 atom stereocenters. The Balaban J connectivity index is 2.14. The Bertz CT molecular complexity index is 448. The van der Waals surface area contributed by atoms with Crippen molar-refractivity contribution in [1.29, 1.82) is 0 Å². The minimum atomic E-state index is -0.481. The molecule has 1 aliphatic rings. The van der Waals surface area contributed by atoms with Gasteiger partial charge in [-0.2, -0.15) is 0 Å². The molecule has 19 heavy (non-hydrogen) atoms. The van der Waals surface area contributed by atoms with Gasteiger partial charge in [-0.3, -0.25) is 4.90 Å². The molecule has 0 radical (unpaired) electrons. The molecule has 0 aliphatic carbocycles. The van der Waals surface area contributed by atoms with E-state index in [0.717, 1.165) is 25.0 Å². The van der Waals surface area contributed by atoms with Crippen LogP contribution in [0.1, 0.15) is 57.7 Å². The summed E-state index contributed by atoms with van der Waals surface area (Å²) in [6.07, 6.45) is 4.35. The quantitative estimate of drug-likeness (QED) is 0.781. The highest BCUT2D eigenvalue weighted by molar-refractivity contribution is 5.68. The zero-order valence-corrected chi connectivity index (χ0v) is 12.1. The molecule has 1 unspecified atom stereocenters. The first-order valence-corrected chi connectivity index (χ1v) is 6.79. The molecule has 2 rings (SSSR count). The summed E-state index contributed by atoms with van der Waals surface area (Å²) in [5, 5.41) is 0. The molecule has 0 saturated carbocycles. The molecule has 2 heterocycles. The second kappa shape index (κ2) is 5.23. The Morgan fingerprint density at radius 2 is 2.21 bits per heavy atom. The van der Waals surface area contributed by atoms with Crippen LogP contribution in [-0.2, 0) is 4.74 Å². The zero-order chi connectivity index (χ0) is 14.0. The van der Waals surface area contributed by atoms with E-state index >= 15 is 0 Å². The maximum Gasteiger partial charge on any atom is 0.410 e. The summed E-state index contributed by atoms with van der Waals surface area (Å²) < 4.78 is 11.0. The van der Waals surface area contributed by atoms with Gasteiger partial charge in [0, 0.05) is 6.54 Å². The summed E-state index contributed by atoms with van der Waals surface area (Å²) in [6, 6.07) is -0.0997. The van der Waals surface area contributed by atoms with Crippen LogP contribution in [0.2, 0.25) is 0 Å². The van der Waals surface area contributed by atoms with Gasteiger partial charge in [-0.25, -0.2) is 9.78 Å². The molecule has 0 spiro atoms. The number of carbonyl (C=O) groups is 1. The number of oxazole rings is 1. The average Bonchev–Trinajstić information content (AvgIpc) is 2.73. The van der Waals surface area contributed by atoms with Gasteiger partial charge >= 0.3 is 6.09 Å². The largest absolute Gasteiger partial charge is 0.444 e. The third-order valence-corrected chi connectivity index (χ3v) is 3.06. The lowest BCUT2D eigenvalue weighted by molar-refractivity contribution is 0.00600. The van der Waals surface area contributed by atoms with Crippen LogP contribution < -0.4 is 0 Å². The molecular weight excluding hydrogens is 244 g/mol. The van der Waals surface area contributed by atoms with Crippen molar-refractivity contribution in [2.45, 2.75) is 58.6 Å². The Labute approximate surface area is 113 Å². The fourth-order valence-electron chi connectivity index (χ4n) is 2.25. The van der Waals surface area contributed by atoms with Crippen molar-refractivity contribution in [3.05, 3.63) is 17.8 Å². The minimum absolute atomic E-state index is 0.0997. The lowest BCUT2D eigenvalue weighted by atomic mass is 10.0. The number of ether oxygens (including phenoxy) is 1. The molecule has 5 nitrogen and oxygen atoms in total. The lowest BCUT2D eigenvalue weighted by Crippen LogP contribution is -2.42. The van der Waals surface area contributed by atoms with E-state index in [0.29, 0.717) is 12.4 Å². The predicted molar refractivity (Wildman–Crippen MR) is 70.8 cm³/mol. The van der Waals surface area contributed by atoms with Crippen LogP contribution in [0.4, 0.5) is 4.79 Å². The van der Waals surface area contributed by atoms with E-state index in [2.05, 4.69) is 4.98 Å². The van der Waals surface area contributed by atoms with Gasteiger partial charge in [0.05, 0.1) is 6.20 Å². The van der Waals surface area contributed by atoms with E-state index < -0.39 is 5.60 Å². The molecule has 1 saturated heterocycles. The van der Waals surface area contributed by atoms with E-state index in [1.165, 1.54) is 0 Å². The topological polar surface area (TPSA) is 55.6 Å². The fraction of sp³-hybridized carbons (Fsp3) is 0.714. The van der Waals surface area contributed by atoms with E-state index in [1.807, 2.05) is 27.7 Å². The molecule has 1 aromatic heterocycles. The third-order valence-electron chi connectivity index (χ3n) is 3.06. The van der Waals surface area contributed by atoms with Crippen LogP contribution in [0.3, 0.4) is 0 Å². The van der Waals surface area contributed by atoms with Crippen molar-refractivity contribution in [3.63, 3.8) is 0 Å². The van der Waals surface area contributed by atoms with E-state index in [-0.39, 0.29) is 12.1 Å². The minimum Gasteiger partial charge on any atom is -0.444 e. The predicted octanol–water partition coefficient (Wildman–Crippen LogP) is 3.45. The van der Waals surface area contributed by atoms with Crippen LogP contribution in [0, 0.1) is 6.92 Å². The summed E-state index contributed by atoms with van der Waals surface area (Å²) in [4.78, 5) is 18.2. The summed E-state index contributed by atoms with van der Waals surface area (Å²) >= 11 is 0. The summed E-state index contributed by atoms with van der Waals surface area (Å²) in [6.45, 7) is 8.18.